The van der Waals surface area contributed by atoms with Crippen molar-refractivity contribution in [1.82, 2.24) is 20.1 Å². The maximum absolute atomic E-state index is 4.22. The molecule has 1 aromatic heterocycles. The second-order valence-electron chi connectivity index (χ2n) is 5.75. The molecule has 3 rings (SSSR count). The Morgan fingerprint density at radius 3 is 2.59 bits per heavy atom. The first-order valence-corrected chi connectivity index (χ1v) is 8.21. The van der Waals surface area contributed by atoms with Gasteiger partial charge < -0.3 is 9.80 Å². The van der Waals surface area contributed by atoms with E-state index >= 15 is 0 Å². The van der Waals surface area contributed by atoms with Gasteiger partial charge in [-0.15, -0.1) is 0 Å². The minimum atomic E-state index is 0.873. The summed E-state index contributed by atoms with van der Waals surface area (Å²) in [6.45, 7) is 5.01. The minimum absolute atomic E-state index is 0.873. The van der Waals surface area contributed by atoms with Gasteiger partial charge in [0.25, 0.3) is 0 Å². The van der Waals surface area contributed by atoms with Crippen LogP contribution in [0.25, 0.3) is 0 Å². The molecule has 7 heteroatoms. The second-order valence-corrected chi connectivity index (χ2v) is 6.61. The van der Waals surface area contributed by atoms with Gasteiger partial charge >= 0.3 is 0 Å². The molecule has 1 aromatic carbocycles. The number of anilines is 2. The Balaban J connectivity index is 1.58. The highest BCUT2D eigenvalue weighted by atomic mass is 79.9. The smallest absolute Gasteiger partial charge is 0.221 e. The summed E-state index contributed by atoms with van der Waals surface area (Å²) in [6, 6.07) is 6.60. The summed E-state index contributed by atoms with van der Waals surface area (Å²) in [5.41, 5.74) is 2.55. The molecular weight excluding hydrogens is 344 g/mol. The average Bonchev–Trinajstić information content (AvgIpc) is 3.02. The van der Waals surface area contributed by atoms with Gasteiger partial charge in [0.15, 0.2) is 0 Å². The van der Waals surface area contributed by atoms with Gasteiger partial charge in [-0.1, -0.05) is 6.07 Å². The molecule has 2 aromatic rings. The molecule has 2 heterocycles. The van der Waals surface area contributed by atoms with Crippen molar-refractivity contribution in [2.45, 2.75) is 6.54 Å². The number of piperazine rings is 1. The summed E-state index contributed by atoms with van der Waals surface area (Å²) in [5, 5.41) is 6.85. The van der Waals surface area contributed by atoms with Gasteiger partial charge in [0.1, 0.15) is 6.33 Å². The summed E-state index contributed by atoms with van der Waals surface area (Å²) < 4.78 is 1.15. The van der Waals surface area contributed by atoms with Crippen molar-refractivity contribution in [1.29, 1.82) is 0 Å². The predicted molar refractivity (Wildman–Crippen MR) is 92.3 cm³/mol. The number of hydrogen-bond donors (Lipinski definition) is 1. The molecule has 1 saturated heterocycles. The lowest BCUT2D eigenvalue weighted by atomic mass is 10.1. The first kappa shape index (κ1) is 15.3. The average molecular weight is 365 g/mol. The lowest BCUT2D eigenvalue weighted by Gasteiger charge is -2.34. The molecule has 0 radical (unpaired) electrons. The Morgan fingerprint density at radius 1 is 1.23 bits per heavy atom. The van der Waals surface area contributed by atoms with Crippen LogP contribution in [0.2, 0.25) is 0 Å². The molecule has 0 spiro atoms. The van der Waals surface area contributed by atoms with E-state index in [9.17, 15) is 0 Å². The summed E-state index contributed by atoms with van der Waals surface area (Å²) in [4.78, 5) is 11.1. The molecule has 1 aliphatic rings. The number of halogens is 1. The van der Waals surface area contributed by atoms with Crippen LogP contribution >= 0.6 is 15.9 Å². The van der Waals surface area contributed by atoms with Crippen LogP contribution in [0.4, 0.5) is 11.6 Å². The zero-order valence-electron chi connectivity index (χ0n) is 13.0. The van der Waals surface area contributed by atoms with Crippen LogP contribution in [0.3, 0.4) is 0 Å². The van der Waals surface area contributed by atoms with Gasteiger partial charge in [0.2, 0.25) is 5.95 Å². The van der Waals surface area contributed by atoms with Crippen LogP contribution in [-0.4, -0.2) is 60.4 Å². The highest BCUT2D eigenvalue weighted by Gasteiger charge is 2.19. The van der Waals surface area contributed by atoms with E-state index in [-0.39, 0.29) is 0 Å². The normalized spacial score (nSPS) is 16.0. The quantitative estimate of drug-likeness (QED) is 0.898. The summed E-state index contributed by atoms with van der Waals surface area (Å²) >= 11 is 3.66. The number of benzene rings is 1. The number of hydrogen-bond acceptors (Lipinski definition) is 5. The Labute approximate surface area is 139 Å². The van der Waals surface area contributed by atoms with Crippen molar-refractivity contribution in [2.24, 2.45) is 0 Å². The molecule has 118 valence electrons. The van der Waals surface area contributed by atoms with Crippen LogP contribution in [-0.2, 0) is 6.54 Å². The third kappa shape index (κ3) is 3.41. The minimum Gasteiger partial charge on any atom is -0.377 e. The monoisotopic (exact) mass is 364 g/mol. The fraction of sp³-hybridized carbons (Fsp3) is 0.467. The van der Waals surface area contributed by atoms with Gasteiger partial charge in [-0.05, 0) is 33.6 Å². The van der Waals surface area contributed by atoms with E-state index in [1.807, 2.05) is 0 Å². The molecule has 1 aliphatic heterocycles. The highest BCUT2D eigenvalue weighted by Crippen LogP contribution is 2.26. The lowest BCUT2D eigenvalue weighted by Crippen LogP contribution is -2.46. The number of H-pyrrole nitrogens is 1. The molecule has 0 bridgehead atoms. The molecule has 0 unspecified atom stereocenters. The van der Waals surface area contributed by atoms with Gasteiger partial charge in [0, 0.05) is 51.3 Å². The summed E-state index contributed by atoms with van der Waals surface area (Å²) in [6.07, 6.45) is 1.56. The van der Waals surface area contributed by atoms with E-state index in [0.29, 0.717) is 0 Å². The van der Waals surface area contributed by atoms with Gasteiger partial charge in [0.05, 0.1) is 5.69 Å². The molecule has 1 fully saturated rings. The van der Waals surface area contributed by atoms with E-state index in [0.717, 1.165) is 43.1 Å². The maximum Gasteiger partial charge on any atom is 0.221 e. The third-order valence-electron chi connectivity index (χ3n) is 3.97. The first-order chi connectivity index (χ1) is 10.6. The van der Waals surface area contributed by atoms with Crippen molar-refractivity contribution in [2.75, 3.05) is 50.1 Å². The van der Waals surface area contributed by atoms with Gasteiger partial charge in [-0.2, -0.15) is 10.1 Å². The molecule has 0 aliphatic carbocycles. The van der Waals surface area contributed by atoms with E-state index in [1.54, 1.807) is 6.33 Å². The van der Waals surface area contributed by atoms with Crippen LogP contribution in [0.1, 0.15) is 5.56 Å². The fourth-order valence-electron chi connectivity index (χ4n) is 2.74. The second kappa shape index (κ2) is 6.66. The van der Waals surface area contributed by atoms with Crippen LogP contribution in [0, 0.1) is 0 Å². The number of nitrogens with zero attached hydrogens (tertiary/aromatic N) is 5. The van der Waals surface area contributed by atoms with Crippen LogP contribution < -0.4 is 9.80 Å². The van der Waals surface area contributed by atoms with E-state index in [4.69, 9.17) is 0 Å². The Kier molecular flexibility index (Phi) is 4.63. The SMILES string of the molecule is CN(C)c1ccc(CN2CCN(c3ncn[nH]3)CC2)cc1Br. The van der Waals surface area contributed by atoms with E-state index in [1.165, 1.54) is 11.3 Å². The molecule has 22 heavy (non-hydrogen) atoms. The van der Waals surface area contributed by atoms with Crippen molar-refractivity contribution in [3.05, 3.63) is 34.6 Å². The molecule has 0 amide bonds. The van der Waals surface area contributed by atoms with E-state index < -0.39 is 0 Å². The zero-order chi connectivity index (χ0) is 15.5. The molecule has 0 atom stereocenters. The highest BCUT2D eigenvalue weighted by molar-refractivity contribution is 9.10. The lowest BCUT2D eigenvalue weighted by molar-refractivity contribution is 0.248. The molecular formula is C15H21BrN6. The maximum atomic E-state index is 4.22. The van der Waals surface area contributed by atoms with Crippen LogP contribution in [0.15, 0.2) is 29.0 Å². The number of nitrogens with one attached hydrogen (secondary N) is 1. The molecule has 0 saturated carbocycles. The molecule has 6 nitrogen and oxygen atoms in total. The Bertz CT molecular complexity index is 605. The van der Waals surface area contributed by atoms with Crippen LogP contribution in [0.5, 0.6) is 0 Å². The topological polar surface area (TPSA) is 51.3 Å². The number of aromatic amines is 1. The summed E-state index contributed by atoms with van der Waals surface area (Å²) in [7, 11) is 4.12. The van der Waals surface area contributed by atoms with Gasteiger partial charge in [-0.3, -0.25) is 4.90 Å². The Hall–Kier alpha value is -1.60. The first-order valence-electron chi connectivity index (χ1n) is 7.42. The largest absolute Gasteiger partial charge is 0.377 e. The zero-order valence-corrected chi connectivity index (χ0v) is 14.5. The van der Waals surface area contributed by atoms with Crippen molar-refractivity contribution in [3.8, 4) is 0 Å². The third-order valence-corrected chi connectivity index (χ3v) is 4.61. The standard InChI is InChI=1S/C15H21BrN6/c1-20(2)14-4-3-12(9-13(14)16)10-21-5-7-22(8-6-21)15-17-11-18-19-15/h3-4,9,11H,5-8,10H2,1-2H3,(H,17,18,19). The van der Waals surface area contributed by atoms with E-state index in [2.05, 4.69) is 78.1 Å². The van der Waals surface area contributed by atoms with Crippen molar-refractivity contribution >= 4 is 27.6 Å². The molecule has 1 N–H and O–H groups in total. The number of aromatic nitrogens is 3. The van der Waals surface area contributed by atoms with Crippen molar-refractivity contribution in [3.63, 3.8) is 0 Å². The summed E-state index contributed by atoms with van der Waals surface area (Å²) in [5.74, 6) is 0.873. The Morgan fingerprint density at radius 2 is 2.00 bits per heavy atom. The number of rotatable bonds is 4. The fourth-order valence-corrected chi connectivity index (χ4v) is 3.52. The van der Waals surface area contributed by atoms with Gasteiger partial charge in [-0.25, -0.2) is 5.10 Å². The van der Waals surface area contributed by atoms with Crippen molar-refractivity contribution < 1.29 is 0 Å². The predicted octanol–water partition coefficient (Wildman–Crippen LogP) is 1.96.